The maximum Gasteiger partial charge on any atom is 0.292 e. The Morgan fingerprint density at radius 2 is 1.73 bits per heavy atom. The van der Waals surface area contributed by atoms with E-state index >= 15 is 0 Å². The summed E-state index contributed by atoms with van der Waals surface area (Å²) in [5.41, 5.74) is 0.125. The van der Waals surface area contributed by atoms with Crippen molar-refractivity contribution in [2.24, 2.45) is 0 Å². The van der Waals surface area contributed by atoms with Gasteiger partial charge in [-0.1, -0.05) is 35.3 Å². The number of hydrogen-bond donors (Lipinski definition) is 1. The number of sulfonamides is 1. The van der Waals surface area contributed by atoms with Crippen LogP contribution in [0.1, 0.15) is 0 Å². The van der Waals surface area contributed by atoms with E-state index in [1.54, 1.807) is 12.1 Å². The Balaban J connectivity index is 1.59. The molecule has 1 fully saturated rings. The van der Waals surface area contributed by atoms with Gasteiger partial charge in [0.15, 0.2) is 0 Å². The van der Waals surface area contributed by atoms with Crippen LogP contribution in [-0.2, 0) is 14.8 Å². The minimum absolute atomic E-state index is 0.0368. The Hall–Kier alpha value is -2.40. The molecule has 0 unspecified atom stereocenters. The van der Waals surface area contributed by atoms with E-state index in [1.165, 1.54) is 39.5 Å². The van der Waals surface area contributed by atoms with Gasteiger partial charge in [-0.2, -0.15) is 4.31 Å². The first-order valence-electron chi connectivity index (χ1n) is 8.90. The molecule has 0 saturated carbocycles. The van der Waals surface area contributed by atoms with Crippen molar-refractivity contribution in [3.63, 3.8) is 0 Å². The number of halogens is 2. The lowest BCUT2D eigenvalue weighted by atomic mass is 10.2. The maximum atomic E-state index is 12.8. The van der Waals surface area contributed by atoms with Crippen molar-refractivity contribution in [1.82, 2.24) is 9.21 Å². The van der Waals surface area contributed by atoms with E-state index in [0.717, 1.165) is 0 Å². The summed E-state index contributed by atoms with van der Waals surface area (Å²) in [5, 5.41) is 14.2. The molecule has 1 amide bonds. The van der Waals surface area contributed by atoms with Crippen LogP contribution in [-0.4, -0.2) is 61.2 Å². The quantitative estimate of drug-likeness (QED) is 0.510. The van der Waals surface area contributed by atoms with Gasteiger partial charge in [-0.15, -0.1) is 0 Å². The molecule has 0 aromatic heterocycles. The fourth-order valence-corrected chi connectivity index (χ4v) is 4.84. The Morgan fingerprint density at radius 1 is 1.07 bits per heavy atom. The highest BCUT2D eigenvalue weighted by Gasteiger charge is 2.30. The number of anilines is 1. The molecular formula is C18H18Cl2N4O5S. The van der Waals surface area contributed by atoms with Crippen LogP contribution in [0.4, 0.5) is 11.4 Å². The topological polar surface area (TPSA) is 113 Å². The third-order valence-electron chi connectivity index (χ3n) is 4.65. The summed E-state index contributed by atoms with van der Waals surface area (Å²) in [6.07, 6.45) is 0. The van der Waals surface area contributed by atoms with E-state index in [2.05, 4.69) is 5.32 Å². The van der Waals surface area contributed by atoms with Gasteiger partial charge >= 0.3 is 0 Å². The molecule has 0 aliphatic carbocycles. The van der Waals surface area contributed by atoms with Crippen LogP contribution in [0.5, 0.6) is 0 Å². The average molecular weight is 473 g/mol. The lowest BCUT2D eigenvalue weighted by Crippen LogP contribution is -2.51. The Morgan fingerprint density at radius 3 is 2.37 bits per heavy atom. The van der Waals surface area contributed by atoms with Crippen molar-refractivity contribution < 1.29 is 18.1 Å². The highest BCUT2D eigenvalue weighted by Crippen LogP contribution is 2.27. The van der Waals surface area contributed by atoms with Crippen LogP contribution in [0.3, 0.4) is 0 Å². The number of benzene rings is 2. The van der Waals surface area contributed by atoms with Gasteiger partial charge in [0, 0.05) is 32.2 Å². The van der Waals surface area contributed by atoms with Gasteiger partial charge in [-0.05, 0) is 24.3 Å². The highest BCUT2D eigenvalue weighted by atomic mass is 35.5. The van der Waals surface area contributed by atoms with Gasteiger partial charge < -0.3 is 10.2 Å². The summed E-state index contributed by atoms with van der Waals surface area (Å²) in [5.74, 6) is -0.278. The van der Waals surface area contributed by atoms with Crippen LogP contribution < -0.4 is 5.32 Å². The van der Waals surface area contributed by atoms with E-state index in [4.69, 9.17) is 23.2 Å². The van der Waals surface area contributed by atoms with Crippen LogP contribution in [0.25, 0.3) is 0 Å². The van der Waals surface area contributed by atoms with E-state index in [-0.39, 0.29) is 64.9 Å². The average Bonchev–Trinajstić information content (AvgIpc) is 2.74. The molecule has 30 heavy (non-hydrogen) atoms. The first-order valence-corrected chi connectivity index (χ1v) is 11.1. The fraction of sp³-hybridized carbons (Fsp3) is 0.278. The third kappa shape index (κ3) is 4.84. The molecule has 1 aliphatic rings. The first-order chi connectivity index (χ1) is 14.2. The molecule has 1 heterocycles. The summed E-state index contributed by atoms with van der Waals surface area (Å²) >= 11 is 11.8. The number of carbonyl (C=O) groups excluding carboxylic acids is 1. The van der Waals surface area contributed by atoms with Crippen molar-refractivity contribution in [2.75, 3.05) is 38.0 Å². The van der Waals surface area contributed by atoms with Gasteiger partial charge in [0.25, 0.3) is 5.69 Å². The SMILES string of the molecule is O=C(CNc1ccccc1[N+](=O)[O-])N1CCN(S(=O)(=O)c2ccc(Cl)c(Cl)c2)CC1. The smallest absolute Gasteiger partial charge is 0.292 e. The minimum atomic E-state index is -3.76. The van der Waals surface area contributed by atoms with E-state index in [9.17, 15) is 23.3 Å². The van der Waals surface area contributed by atoms with Crippen LogP contribution in [0.15, 0.2) is 47.4 Å². The number of nitro groups is 1. The summed E-state index contributed by atoms with van der Waals surface area (Å²) in [7, 11) is -3.76. The number of carbonyl (C=O) groups is 1. The zero-order valence-corrected chi connectivity index (χ0v) is 18.0. The van der Waals surface area contributed by atoms with Crippen molar-refractivity contribution >= 4 is 50.5 Å². The molecule has 9 nitrogen and oxygen atoms in total. The highest BCUT2D eigenvalue weighted by molar-refractivity contribution is 7.89. The number of hydrogen-bond acceptors (Lipinski definition) is 6. The molecule has 1 saturated heterocycles. The molecule has 2 aromatic carbocycles. The lowest BCUT2D eigenvalue weighted by molar-refractivity contribution is -0.383. The summed E-state index contributed by atoms with van der Waals surface area (Å²) < 4.78 is 26.9. The van der Waals surface area contributed by atoms with Crippen molar-refractivity contribution in [2.45, 2.75) is 4.90 Å². The fourth-order valence-electron chi connectivity index (χ4n) is 3.03. The molecule has 0 atom stereocenters. The molecule has 3 rings (SSSR count). The van der Waals surface area contributed by atoms with Crippen LogP contribution in [0.2, 0.25) is 10.0 Å². The first kappa shape index (κ1) is 22.3. The largest absolute Gasteiger partial charge is 0.371 e. The van der Waals surface area contributed by atoms with Crippen molar-refractivity contribution in [3.05, 3.63) is 62.6 Å². The summed E-state index contributed by atoms with van der Waals surface area (Å²) in [6, 6.07) is 10.1. The zero-order chi connectivity index (χ0) is 21.9. The predicted molar refractivity (Wildman–Crippen MR) is 113 cm³/mol. The van der Waals surface area contributed by atoms with E-state index < -0.39 is 14.9 Å². The maximum absolute atomic E-state index is 12.8. The second kappa shape index (κ2) is 9.17. The van der Waals surface area contributed by atoms with Crippen LogP contribution >= 0.6 is 23.2 Å². The van der Waals surface area contributed by atoms with Crippen LogP contribution in [0, 0.1) is 10.1 Å². The van der Waals surface area contributed by atoms with Gasteiger partial charge in [0.1, 0.15) is 5.69 Å². The number of nitrogens with one attached hydrogen (secondary N) is 1. The van der Waals surface area contributed by atoms with Gasteiger partial charge in [0.2, 0.25) is 15.9 Å². The molecule has 1 aliphatic heterocycles. The van der Waals surface area contributed by atoms with Gasteiger partial charge in [-0.3, -0.25) is 14.9 Å². The number of nitrogens with zero attached hydrogens (tertiary/aromatic N) is 3. The molecule has 12 heteroatoms. The standard InChI is InChI=1S/C18H18Cl2N4O5S/c19-14-6-5-13(11-15(14)20)30(28,29)23-9-7-22(8-10-23)18(25)12-21-16-3-1-2-4-17(16)24(26)27/h1-6,11,21H,7-10,12H2. The second-order valence-electron chi connectivity index (χ2n) is 6.49. The molecule has 160 valence electrons. The number of para-hydroxylation sites is 2. The molecule has 0 spiro atoms. The number of piperazine rings is 1. The summed E-state index contributed by atoms with van der Waals surface area (Å²) in [4.78, 5) is 24.5. The monoisotopic (exact) mass is 472 g/mol. The number of nitro benzene ring substituents is 1. The second-order valence-corrected chi connectivity index (χ2v) is 9.24. The van der Waals surface area contributed by atoms with Gasteiger partial charge in [-0.25, -0.2) is 8.42 Å². The molecule has 0 bridgehead atoms. The van der Waals surface area contributed by atoms with Crippen molar-refractivity contribution in [3.8, 4) is 0 Å². The predicted octanol–water partition coefficient (Wildman–Crippen LogP) is 2.85. The molecule has 1 N–H and O–H groups in total. The molecular weight excluding hydrogens is 455 g/mol. The Kier molecular flexibility index (Phi) is 6.81. The lowest BCUT2D eigenvalue weighted by Gasteiger charge is -2.34. The normalized spacial score (nSPS) is 15.1. The minimum Gasteiger partial charge on any atom is -0.371 e. The number of rotatable bonds is 6. The van der Waals surface area contributed by atoms with E-state index in [0.29, 0.717) is 0 Å². The van der Waals surface area contributed by atoms with E-state index in [1.807, 2.05) is 0 Å². The van der Waals surface area contributed by atoms with Gasteiger partial charge in [0.05, 0.1) is 26.4 Å². The summed E-state index contributed by atoms with van der Waals surface area (Å²) in [6.45, 7) is 0.528. The zero-order valence-electron chi connectivity index (χ0n) is 15.6. The van der Waals surface area contributed by atoms with Crippen molar-refractivity contribution in [1.29, 1.82) is 0 Å². The molecule has 0 radical (unpaired) electrons. The number of amides is 1. The third-order valence-corrected chi connectivity index (χ3v) is 7.28. The Labute approximate surface area is 183 Å². The molecule has 2 aromatic rings. The Bertz CT molecular complexity index is 1070.